The SMILES string of the molecule is CCc1ccc(S(=O)(=O)Nc2ccc(Nc3ccccc3C#N)cn2)s1. The van der Waals surface area contributed by atoms with E-state index in [0.717, 1.165) is 11.3 Å². The highest BCUT2D eigenvalue weighted by molar-refractivity contribution is 7.94. The molecule has 26 heavy (non-hydrogen) atoms. The number of aryl methyl sites for hydroxylation is 1. The van der Waals surface area contributed by atoms with Crippen LogP contribution in [0.1, 0.15) is 17.4 Å². The van der Waals surface area contributed by atoms with Crippen molar-refractivity contribution in [3.63, 3.8) is 0 Å². The van der Waals surface area contributed by atoms with Crippen molar-refractivity contribution in [3.8, 4) is 6.07 Å². The lowest BCUT2D eigenvalue weighted by molar-refractivity contribution is 0.603. The molecule has 6 nitrogen and oxygen atoms in total. The summed E-state index contributed by atoms with van der Waals surface area (Å²) >= 11 is 1.25. The van der Waals surface area contributed by atoms with E-state index in [9.17, 15) is 8.42 Å². The first-order chi connectivity index (χ1) is 12.5. The molecule has 8 heteroatoms. The Morgan fingerprint density at radius 1 is 1.15 bits per heavy atom. The van der Waals surface area contributed by atoms with E-state index in [0.29, 0.717) is 16.9 Å². The molecule has 0 fully saturated rings. The summed E-state index contributed by atoms with van der Waals surface area (Å²) in [4.78, 5) is 5.15. The van der Waals surface area contributed by atoms with Crippen LogP contribution in [0.15, 0.2) is 58.9 Å². The topological polar surface area (TPSA) is 94.9 Å². The fourth-order valence-corrected chi connectivity index (χ4v) is 4.56. The zero-order valence-electron chi connectivity index (χ0n) is 13.9. The van der Waals surface area contributed by atoms with Gasteiger partial charge in [0, 0.05) is 4.88 Å². The smallest absolute Gasteiger partial charge is 0.272 e. The van der Waals surface area contributed by atoms with Crippen molar-refractivity contribution in [2.24, 2.45) is 0 Å². The minimum absolute atomic E-state index is 0.232. The molecule has 0 atom stereocenters. The fraction of sp³-hybridized carbons (Fsp3) is 0.111. The standard InChI is InChI=1S/C18H16N4O2S2/c1-2-15-8-10-18(25-15)26(23,24)22-17-9-7-14(12-20-17)21-16-6-4-3-5-13(16)11-19/h3-10,12,21H,2H2,1H3,(H,20,22). The van der Waals surface area contributed by atoms with Gasteiger partial charge in [-0.2, -0.15) is 5.26 Å². The van der Waals surface area contributed by atoms with Gasteiger partial charge in [-0.25, -0.2) is 13.4 Å². The number of nitrogens with one attached hydrogen (secondary N) is 2. The Kier molecular flexibility index (Phi) is 5.21. The number of hydrogen-bond donors (Lipinski definition) is 2. The molecular weight excluding hydrogens is 368 g/mol. The number of sulfonamides is 1. The first-order valence-electron chi connectivity index (χ1n) is 7.85. The van der Waals surface area contributed by atoms with E-state index in [1.807, 2.05) is 19.1 Å². The summed E-state index contributed by atoms with van der Waals surface area (Å²) in [5, 5.41) is 12.2. The second-order valence-corrected chi connectivity index (χ2v) is 8.47. The lowest BCUT2D eigenvalue weighted by Crippen LogP contribution is -2.12. The highest BCUT2D eigenvalue weighted by Gasteiger charge is 2.17. The van der Waals surface area contributed by atoms with E-state index in [4.69, 9.17) is 5.26 Å². The highest BCUT2D eigenvalue weighted by atomic mass is 32.2. The molecule has 0 aliphatic rings. The van der Waals surface area contributed by atoms with Gasteiger partial charge in [-0.3, -0.25) is 4.72 Å². The molecule has 132 valence electrons. The maximum Gasteiger partial charge on any atom is 0.272 e. The molecule has 0 radical (unpaired) electrons. The maximum atomic E-state index is 12.4. The van der Waals surface area contributed by atoms with Crippen molar-refractivity contribution < 1.29 is 8.42 Å². The van der Waals surface area contributed by atoms with Gasteiger partial charge in [0.2, 0.25) is 0 Å². The summed E-state index contributed by atoms with van der Waals surface area (Å²) in [5.74, 6) is 0.232. The number of nitrogens with zero attached hydrogens (tertiary/aromatic N) is 2. The predicted octanol–water partition coefficient (Wildman–Crippen LogP) is 4.12. The second-order valence-electron chi connectivity index (χ2n) is 5.39. The largest absolute Gasteiger partial charge is 0.353 e. The van der Waals surface area contributed by atoms with E-state index >= 15 is 0 Å². The third-order valence-corrected chi connectivity index (χ3v) is 6.66. The summed E-state index contributed by atoms with van der Waals surface area (Å²) < 4.78 is 27.5. The Morgan fingerprint density at radius 3 is 2.62 bits per heavy atom. The van der Waals surface area contributed by atoms with Crippen LogP contribution >= 0.6 is 11.3 Å². The quantitative estimate of drug-likeness (QED) is 0.666. The average molecular weight is 384 g/mol. The van der Waals surface area contributed by atoms with Gasteiger partial charge in [0.15, 0.2) is 0 Å². The van der Waals surface area contributed by atoms with Gasteiger partial charge < -0.3 is 5.32 Å². The molecule has 2 heterocycles. The van der Waals surface area contributed by atoms with Crippen molar-refractivity contribution in [3.05, 3.63) is 65.2 Å². The van der Waals surface area contributed by atoms with Crippen molar-refractivity contribution in [2.75, 3.05) is 10.0 Å². The minimum atomic E-state index is -3.64. The van der Waals surface area contributed by atoms with Crippen LogP contribution in [0, 0.1) is 11.3 Å². The lowest BCUT2D eigenvalue weighted by atomic mass is 10.2. The van der Waals surface area contributed by atoms with Gasteiger partial charge in [-0.1, -0.05) is 19.1 Å². The third kappa shape index (κ3) is 4.02. The van der Waals surface area contributed by atoms with Crippen molar-refractivity contribution in [1.82, 2.24) is 4.98 Å². The first kappa shape index (κ1) is 17.9. The molecule has 2 N–H and O–H groups in total. The Balaban J connectivity index is 1.74. The number of aromatic nitrogens is 1. The number of para-hydroxylation sites is 1. The number of thiophene rings is 1. The molecular formula is C18H16N4O2S2. The molecule has 3 aromatic rings. The summed E-state index contributed by atoms with van der Waals surface area (Å²) in [6, 6.07) is 15.9. The van der Waals surface area contributed by atoms with Crippen LogP contribution in [0.25, 0.3) is 0 Å². The van der Waals surface area contributed by atoms with Gasteiger partial charge in [0.1, 0.15) is 16.1 Å². The van der Waals surface area contributed by atoms with Crippen LogP contribution in [-0.2, 0) is 16.4 Å². The van der Waals surface area contributed by atoms with Gasteiger partial charge in [-0.15, -0.1) is 11.3 Å². The maximum absolute atomic E-state index is 12.4. The monoisotopic (exact) mass is 384 g/mol. The molecule has 0 aliphatic carbocycles. The van der Waals surface area contributed by atoms with Crippen LogP contribution in [0.3, 0.4) is 0 Å². The van der Waals surface area contributed by atoms with Crippen LogP contribution in [0.4, 0.5) is 17.2 Å². The van der Waals surface area contributed by atoms with Crippen molar-refractivity contribution >= 4 is 38.6 Å². The summed E-state index contributed by atoms with van der Waals surface area (Å²) in [6.45, 7) is 1.98. The Bertz CT molecular complexity index is 1050. The van der Waals surface area contributed by atoms with Gasteiger partial charge in [0.05, 0.1) is 23.1 Å². The number of nitriles is 1. The van der Waals surface area contributed by atoms with Crippen LogP contribution in [0.2, 0.25) is 0 Å². The Hall–Kier alpha value is -2.89. The summed E-state index contributed by atoms with van der Waals surface area (Å²) in [7, 11) is -3.64. The van der Waals surface area contributed by atoms with E-state index in [1.54, 1.807) is 36.4 Å². The van der Waals surface area contributed by atoms with Crippen LogP contribution < -0.4 is 10.0 Å². The van der Waals surface area contributed by atoms with Gasteiger partial charge in [0.25, 0.3) is 10.0 Å². The fourth-order valence-electron chi connectivity index (χ4n) is 2.25. The zero-order valence-corrected chi connectivity index (χ0v) is 15.6. The van der Waals surface area contributed by atoms with Gasteiger partial charge in [-0.05, 0) is 42.8 Å². The molecule has 3 rings (SSSR count). The number of benzene rings is 1. The highest BCUT2D eigenvalue weighted by Crippen LogP contribution is 2.25. The third-order valence-electron chi connectivity index (χ3n) is 3.58. The second kappa shape index (κ2) is 7.56. The molecule has 0 bridgehead atoms. The molecule has 0 unspecified atom stereocenters. The van der Waals surface area contributed by atoms with E-state index in [1.165, 1.54) is 17.5 Å². The Labute approximate surface area is 156 Å². The normalized spacial score (nSPS) is 10.9. The van der Waals surface area contributed by atoms with E-state index < -0.39 is 10.0 Å². The molecule has 0 saturated heterocycles. The summed E-state index contributed by atoms with van der Waals surface area (Å²) in [6.07, 6.45) is 2.31. The van der Waals surface area contributed by atoms with E-state index in [2.05, 4.69) is 21.1 Å². The first-order valence-corrected chi connectivity index (χ1v) is 10.2. The van der Waals surface area contributed by atoms with Gasteiger partial charge >= 0.3 is 0 Å². The molecule has 0 amide bonds. The predicted molar refractivity (Wildman–Crippen MR) is 103 cm³/mol. The Morgan fingerprint density at radius 2 is 1.96 bits per heavy atom. The average Bonchev–Trinajstić information content (AvgIpc) is 3.14. The van der Waals surface area contributed by atoms with Crippen LogP contribution in [0.5, 0.6) is 0 Å². The molecule has 2 aromatic heterocycles. The van der Waals surface area contributed by atoms with Crippen molar-refractivity contribution in [1.29, 1.82) is 5.26 Å². The molecule has 0 aliphatic heterocycles. The number of anilines is 3. The summed E-state index contributed by atoms with van der Waals surface area (Å²) in [5.41, 5.74) is 1.83. The minimum Gasteiger partial charge on any atom is -0.353 e. The van der Waals surface area contributed by atoms with Crippen LogP contribution in [-0.4, -0.2) is 13.4 Å². The number of pyridine rings is 1. The van der Waals surface area contributed by atoms with Crippen molar-refractivity contribution in [2.45, 2.75) is 17.6 Å². The number of rotatable bonds is 6. The zero-order chi connectivity index (χ0) is 18.6. The molecule has 0 spiro atoms. The molecule has 0 saturated carbocycles. The van der Waals surface area contributed by atoms with E-state index in [-0.39, 0.29) is 10.0 Å². The molecule has 1 aromatic carbocycles. The number of hydrogen-bond acceptors (Lipinski definition) is 6. The lowest BCUT2D eigenvalue weighted by Gasteiger charge is -2.09.